The molecule has 2 fully saturated rings. The molecular formula is C52H93NO13. The van der Waals surface area contributed by atoms with Gasteiger partial charge in [-0.2, -0.15) is 0 Å². The van der Waals surface area contributed by atoms with E-state index in [0.717, 1.165) is 83.5 Å². The number of carbonyl (C=O) groups is 1. The fraction of sp³-hybridized carbons (Fsp3) is 0.827. The summed E-state index contributed by atoms with van der Waals surface area (Å²) < 4.78 is 22.6. The molecule has 2 heterocycles. The summed E-state index contributed by atoms with van der Waals surface area (Å²) in [5, 5.41) is 86.4. The quantitative estimate of drug-likeness (QED) is 0.0227. The molecule has 2 saturated heterocycles. The number of amides is 1. The van der Waals surface area contributed by atoms with Gasteiger partial charge in [0.05, 0.1) is 32.0 Å². The van der Waals surface area contributed by atoms with E-state index in [2.05, 4.69) is 67.8 Å². The Bertz CT molecular complexity index is 1290. The van der Waals surface area contributed by atoms with Crippen molar-refractivity contribution in [1.82, 2.24) is 5.32 Å². The number of aliphatic hydroxyl groups excluding tert-OH is 8. The van der Waals surface area contributed by atoms with Crippen LogP contribution in [0.3, 0.4) is 0 Å². The zero-order valence-electron chi connectivity index (χ0n) is 40.7. The maximum Gasteiger partial charge on any atom is 0.220 e. The summed E-state index contributed by atoms with van der Waals surface area (Å²) in [5.74, 6) is -0.217. The van der Waals surface area contributed by atoms with E-state index >= 15 is 0 Å². The first-order valence-corrected chi connectivity index (χ1v) is 25.9. The molecular weight excluding hydrogens is 847 g/mol. The summed E-state index contributed by atoms with van der Waals surface area (Å²) >= 11 is 0. The molecule has 14 heteroatoms. The maximum atomic E-state index is 13.1. The summed E-state index contributed by atoms with van der Waals surface area (Å²) in [4.78, 5) is 13.1. The average molecular weight is 940 g/mol. The SMILES string of the molecule is CC/C=C\C/C=C\C/C=C\C/C=C\CCCCCCCCCCCCCCCCC(=O)NC(COC1OC(CO)C(OC2OC(CO)C(O)C(O)C2O)C(O)C1O)C(O)CCCCCCC. The van der Waals surface area contributed by atoms with E-state index in [-0.39, 0.29) is 12.5 Å². The molecule has 384 valence electrons. The number of unbranched alkanes of at least 4 members (excludes halogenated alkanes) is 18. The van der Waals surface area contributed by atoms with E-state index in [9.17, 15) is 45.6 Å². The molecule has 2 rings (SSSR count). The fourth-order valence-electron chi connectivity index (χ4n) is 8.34. The number of ether oxygens (including phenoxy) is 4. The first-order chi connectivity index (χ1) is 32.1. The van der Waals surface area contributed by atoms with E-state index in [4.69, 9.17) is 18.9 Å². The normalized spacial score (nSPS) is 27.2. The van der Waals surface area contributed by atoms with Crippen LogP contribution in [0.4, 0.5) is 0 Å². The van der Waals surface area contributed by atoms with Gasteiger partial charge in [-0.1, -0.05) is 172 Å². The van der Waals surface area contributed by atoms with Gasteiger partial charge in [0.25, 0.3) is 0 Å². The van der Waals surface area contributed by atoms with Crippen LogP contribution in [-0.4, -0.2) is 140 Å². The van der Waals surface area contributed by atoms with E-state index in [1.54, 1.807) is 0 Å². The third-order valence-electron chi connectivity index (χ3n) is 12.6. The lowest BCUT2D eigenvalue weighted by Gasteiger charge is -2.46. The van der Waals surface area contributed by atoms with Crippen molar-refractivity contribution >= 4 is 5.91 Å². The lowest BCUT2D eigenvalue weighted by Crippen LogP contribution is -2.65. The van der Waals surface area contributed by atoms with Crippen LogP contribution in [0.5, 0.6) is 0 Å². The first kappa shape index (κ1) is 60.1. The third-order valence-corrected chi connectivity index (χ3v) is 12.6. The van der Waals surface area contributed by atoms with Gasteiger partial charge in [-0.15, -0.1) is 0 Å². The van der Waals surface area contributed by atoms with Crippen molar-refractivity contribution in [2.45, 2.75) is 254 Å². The van der Waals surface area contributed by atoms with Crippen molar-refractivity contribution in [1.29, 1.82) is 0 Å². The van der Waals surface area contributed by atoms with Crippen LogP contribution in [0, 0.1) is 0 Å². The van der Waals surface area contributed by atoms with Gasteiger partial charge in [-0.25, -0.2) is 0 Å². The summed E-state index contributed by atoms with van der Waals surface area (Å²) in [5.41, 5.74) is 0. The second kappa shape index (κ2) is 38.8. The van der Waals surface area contributed by atoms with Crippen LogP contribution in [-0.2, 0) is 23.7 Å². The lowest BCUT2D eigenvalue weighted by molar-refractivity contribution is -0.359. The van der Waals surface area contributed by atoms with Gasteiger partial charge in [0.15, 0.2) is 12.6 Å². The molecule has 0 aromatic carbocycles. The Morgan fingerprint density at radius 1 is 0.561 bits per heavy atom. The number of aliphatic hydroxyl groups is 8. The van der Waals surface area contributed by atoms with Crippen LogP contribution < -0.4 is 5.32 Å². The largest absolute Gasteiger partial charge is 0.394 e. The van der Waals surface area contributed by atoms with Crippen LogP contribution in [0.1, 0.15) is 181 Å². The molecule has 1 amide bonds. The van der Waals surface area contributed by atoms with Crippen molar-refractivity contribution in [3.63, 3.8) is 0 Å². The molecule has 0 aromatic heterocycles. The van der Waals surface area contributed by atoms with Crippen LogP contribution in [0.15, 0.2) is 48.6 Å². The lowest BCUT2D eigenvalue weighted by atomic mass is 9.97. The summed E-state index contributed by atoms with van der Waals surface area (Å²) in [6.07, 6.45) is 29.0. The van der Waals surface area contributed by atoms with Gasteiger partial charge in [0.2, 0.25) is 5.91 Å². The highest BCUT2D eigenvalue weighted by molar-refractivity contribution is 5.76. The van der Waals surface area contributed by atoms with Crippen molar-refractivity contribution in [3.05, 3.63) is 48.6 Å². The minimum atomic E-state index is -1.78. The van der Waals surface area contributed by atoms with Gasteiger partial charge in [0.1, 0.15) is 48.8 Å². The number of hydrogen-bond donors (Lipinski definition) is 9. The second-order valence-electron chi connectivity index (χ2n) is 18.3. The summed E-state index contributed by atoms with van der Waals surface area (Å²) in [7, 11) is 0. The standard InChI is InChI=1S/C52H93NO13/c1-3-5-7-9-10-11-12-13-14-15-16-17-18-19-20-21-22-23-24-25-26-27-28-29-30-32-34-36-44(57)53-40(41(56)35-33-31-8-6-4-2)39-63-51-49(62)47(60)50(43(38-55)65-51)66-52-48(61)46(59)45(58)42(37-54)64-52/h5,7,10-11,13-14,16-17,40-43,45-52,54-56,58-62H,3-4,6,8-9,12,15,18-39H2,1-2H3,(H,53,57)/b7-5-,11-10-,14-13-,17-16-. The Morgan fingerprint density at radius 3 is 1.61 bits per heavy atom. The Balaban J connectivity index is 1.63. The second-order valence-corrected chi connectivity index (χ2v) is 18.3. The van der Waals surface area contributed by atoms with Crippen LogP contribution in [0.25, 0.3) is 0 Å². The van der Waals surface area contributed by atoms with Gasteiger partial charge in [-0.05, 0) is 51.4 Å². The molecule has 2 aliphatic heterocycles. The molecule has 0 bridgehead atoms. The molecule has 9 N–H and O–H groups in total. The van der Waals surface area contributed by atoms with Gasteiger partial charge < -0.3 is 65.1 Å². The summed E-state index contributed by atoms with van der Waals surface area (Å²) in [6, 6.07) is -0.825. The van der Waals surface area contributed by atoms with Crippen molar-refractivity contribution < 1.29 is 64.6 Å². The highest BCUT2D eigenvalue weighted by Crippen LogP contribution is 2.30. The van der Waals surface area contributed by atoms with E-state index in [0.29, 0.717) is 12.8 Å². The van der Waals surface area contributed by atoms with E-state index in [1.165, 1.54) is 70.6 Å². The Labute approximate surface area is 397 Å². The van der Waals surface area contributed by atoms with Crippen molar-refractivity contribution in [3.8, 4) is 0 Å². The zero-order valence-corrected chi connectivity index (χ0v) is 40.7. The molecule has 0 aliphatic carbocycles. The first-order valence-electron chi connectivity index (χ1n) is 25.9. The van der Waals surface area contributed by atoms with Crippen molar-refractivity contribution in [2.75, 3.05) is 19.8 Å². The zero-order chi connectivity index (χ0) is 48.2. The number of hydrogen-bond acceptors (Lipinski definition) is 13. The monoisotopic (exact) mass is 940 g/mol. The van der Waals surface area contributed by atoms with Crippen molar-refractivity contribution in [2.24, 2.45) is 0 Å². The molecule has 2 aliphatic rings. The van der Waals surface area contributed by atoms with Gasteiger partial charge in [0, 0.05) is 6.42 Å². The minimum Gasteiger partial charge on any atom is -0.394 e. The predicted molar refractivity (Wildman–Crippen MR) is 258 cm³/mol. The summed E-state index contributed by atoms with van der Waals surface area (Å²) in [6.45, 7) is 2.63. The van der Waals surface area contributed by atoms with Gasteiger partial charge >= 0.3 is 0 Å². The number of carbonyl (C=O) groups excluding carboxylic acids is 1. The Kier molecular flexibility index (Phi) is 35.3. The fourth-order valence-corrected chi connectivity index (χ4v) is 8.34. The Hall–Kier alpha value is -2.05. The smallest absolute Gasteiger partial charge is 0.220 e. The number of nitrogens with one attached hydrogen (secondary N) is 1. The molecule has 0 saturated carbocycles. The molecule has 12 atom stereocenters. The average Bonchev–Trinajstić information content (AvgIpc) is 3.31. The van der Waals surface area contributed by atoms with Crippen LogP contribution >= 0.6 is 0 Å². The molecule has 66 heavy (non-hydrogen) atoms. The molecule has 14 nitrogen and oxygen atoms in total. The molecule has 0 aromatic rings. The van der Waals surface area contributed by atoms with E-state index in [1.807, 2.05) is 0 Å². The number of rotatable bonds is 39. The molecule has 0 spiro atoms. The van der Waals surface area contributed by atoms with Crippen LogP contribution in [0.2, 0.25) is 0 Å². The topological polar surface area (TPSA) is 228 Å². The molecule has 12 unspecified atom stereocenters. The number of allylic oxidation sites excluding steroid dienone is 8. The van der Waals surface area contributed by atoms with Gasteiger partial charge in [-0.3, -0.25) is 4.79 Å². The third kappa shape index (κ3) is 25.5. The molecule has 0 radical (unpaired) electrons. The Morgan fingerprint density at radius 2 is 1.05 bits per heavy atom. The van der Waals surface area contributed by atoms with E-state index < -0.39 is 86.8 Å². The minimum absolute atomic E-state index is 0.217. The highest BCUT2D eigenvalue weighted by Gasteiger charge is 2.51. The maximum absolute atomic E-state index is 13.1. The predicted octanol–water partition coefficient (Wildman–Crippen LogP) is 6.88. The highest BCUT2D eigenvalue weighted by atomic mass is 16.7.